The molecule has 1 aliphatic rings. The Hall–Kier alpha value is -1.89. The minimum atomic E-state index is -0.156. The van der Waals surface area contributed by atoms with Gasteiger partial charge in [-0.1, -0.05) is 0 Å². The van der Waals surface area contributed by atoms with Crippen LogP contribution >= 0.6 is 0 Å². The molecule has 0 spiro atoms. The summed E-state index contributed by atoms with van der Waals surface area (Å²) in [5.74, 6) is 0.814. The first kappa shape index (κ1) is 10.3. The van der Waals surface area contributed by atoms with Crippen molar-refractivity contribution in [2.24, 2.45) is 7.05 Å². The van der Waals surface area contributed by atoms with Crippen molar-refractivity contribution in [3.8, 4) is 0 Å². The van der Waals surface area contributed by atoms with Crippen LogP contribution < -0.4 is 15.9 Å². The Labute approximate surface area is 97.5 Å². The second-order valence-corrected chi connectivity index (χ2v) is 4.12. The van der Waals surface area contributed by atoms with Gasteiger partial charge < -0.3 is 15.2 Å². The molecule has 1 aliphatic heterocycles. The van der Waals surface area contributed by atoms with Crippen LogP contribution in [0.4, 0.5) is 5.82 Å². The number of imidazole rings is 1. The number of H-pyrrole nitrogens is 1. The van der Waals surface area contributed by atoms with Crippen LogP contribution in [0.15, 0.2) is 11.1 Å². The van der Waals surface area contributed by atoms with Gasteiger partial charge in [-0.05, 0) is 0 Å². The molecule has 1 saturated heterocycles. The normalized spacial score (nSPS) is 16.6. The van der Waals surface area contributed by atoms with E-state index in [0.29, 0.717) is 5.65 Å². The zero-order valence-corrected chi connectivity index (χ0v) is 9.60. The highest BCUT2D eigenvalue weighted by Crippen LogP contribution is 2.19. The first-order valence-corrected chi connectivity index (χ1v) is 5.63. The molecule has 2 N–H and O–H groups in total. The summed E-state index contributed by atoms with van der Waals surface area (Å²) in [5.41, 5.74) is 1.22. The first-order valence-electron chi connectivity index (χ1n) is 5.63. The Bertz CT molecular complexity index is 594. The van der Waals surface area contributed by atoms with E-state index in [-0.39, 0.29) is 5.69 Å². The lowest BCUT2D eigenvalue weighted by Crippen LogP contribution is -2.44. The fraction of sp³-hybridized carbons (Fsp3) is 0.500. The molecule has 0 saturated carbocycles. The van der Waals surface area contributed by atoms with Crippen LogP contribution in [0.3, 0.4) is 0 Å². The van der Waals surface area contributed by atoms with Crippen molar-refractivity contribution in [3.63, 3.8) is 0 Å². The van der Waals surface area contributed by atoms with E-state index in [2.05, 4.69) is 25.2 Å². The number of anilines is 1. The maximum atomic E-state index is 11.6. The van der Waals surface area contributed by atoms with E-state index >= 15 is 0 Å². The van der Waals surface area contributed by atoms with E-state index in [1.165, 1.54) is 10.9 Å². The zero-order chi connectivity index (χ0) is 11.8. The molecule has 0 atom stereocenters. The molecule has 3 rings (SSSR count). The molecule has 3 heterocycles. The summed E-state index contributed by atoms with van der Waals surface area (Å²) in [5, 5.41) is 3.29. The van der Waals surface area contributed by atoms with Crippen LogP contribution in [0, 0.1) is 0 Å². The van der Waals surface area contributed by atoms with Crippen LogP contribution in [-0.2, 0) is 7.05 Å². The third-order valence-electron chi connectivity index (χ3n) is 3.08. The number of aromatic amines is 1. The summed E-state index contributed by atoms with van der Waals surface area (Å²) in [4.78, 5) is 25.0. The van der Waals surface area contributed by atoms with E-state index in [0.717, 1.165) is 37.5 Å². The lowest BCUT2D eigenvalue weighted by molar-refractivity contribution is 0.586. The van der Waals surface area contributed by atoms with Gasteiger partial charge in [-0.2, -0.15) is 0 Å². The van der Waals surface area contributed by atoms with Crippen LogP contribution in [0.25, 0.3) is 11.2 Å². The van der Waals surface area contributed by atoms with E-state index in [1.807, 2.05) is 0 Å². The van der Waals surface area contributed by atoms with Gasteiger partial charge in [0.15, 0.2) is 11.5 Å². The van der Waals surface area contributed by atoms with E-state index in [4.69, 9.17) is 0 Å². The SMILES string of the molecule is Cn1c(=O)[nH]c2c(N3CCNCC3)ncnc21. The number of nitrogens with one attached hydrogen (secondary N) is 2. The third-order valence-corrected chi connectivity index (χ3v) is 3.08. The third kappa shape index (κ3) is 1.59. The van der Waals surface area contributed by atoms with Gasteiger partial charge in [-0.25, -0.2) is 14.8 Å². The summed E-state index contributed by atoms with van der Waals surface area (Å²) in [6.45, 7) is 3.65. The van der Waals surface area contributed by atoms with Gasteiger partial charge in [0, 0.05) is 33.2 Å². The summed E-state index contributed by atoms with van der Waals surface area (Å²) < 4.78 is 1.50. The second-order valence-electron chi connectivity index (χ2n) is 4.12. The summed E-state index contributed by atoms with van der Waals surface area (Å²) in [6.07, 6.45) is 1.51. The molecule has 0 bridgehead atoms. The first-order chi connectivity index (χ1) is 8.27. The standard InChI is InChI=1S/C10H14N6O/c1-15-8-7(14-10(15)17)9(13-6-12-8)16-4-2-11-3-5-16/h6,11H,2-5H2,1H3,(H,14,17). The van der Waals surface area contributed by atoms with Gasteiger partial charge in [-0.15, -0.1) is 0 Å². The average Bonchev–Trinajstić information content (AvgIpc) is 2.67. The highest BCUT2D eigenvalue weighted by Gasteiger charge is 2.17. The molecule has 0 amide bonds. The topological polar surface area (TPSA) is 78.8 Å². The number of rotatable bonds is 1. The van der Waals surface area contributed by atoms with Crippen molar-refractivity contribution in [2.75, 3.05) is 31.1 Å². The highest BCUT2D eigenvalue weighted by atomic mass is 16.1. The molecular weight excluding hydrogens is 220 g/mol. The number of hydrogen-bond acceptors (Lipinski definition) is 5. The Balaban J connectivity index is 2.15. The van der Waals surface area contributed by atoms with Gasteiger partial charge in [-0.3, -0.25) is 4.57 Å². The van der Waals surface area contributed by atoms with E-state index < -0.39 is 0 Å². The number of nitrogens with zero attached hydrogens (tertiary/aromatic N) is 4. The summed E-state index contributed by atoms with van der Waals surface area (Å²) in [6, 6.07) is 0. The number of hydrogen-bond donors (Lipinski definition) is 2. The molecule has 0 unspecified atom stereocenters. The van der Waals surface area contributed by atoms with Crippen LogP contribution in [0.2, 0.25) is 0 Å². The summed E-state index contributed by atoms with van der Waals surface area (Å²) in [7, 11) is 1.70. The monoisotopic (exact) mass is 234 g/mol. The number of piperazine rings is 1. The highest BCUT2D eigenvalue weighted by molar-refractivity contribution is 5.83. The predicted octanol–water partition coefficient (Wildman–Crippen LogP) is -0.934. The molecule has 7 nitrogen and oxygen atoms in total. The van der Waals surface area contributed by atoms with E-state index in [9.17, 15) is 4.79 Å². The molecule has 7 heteroatoms. The van der Waals surface area contributed by atoms with Gasteiger partial charge >= 0.3 is 5.69 Å². The van der Waals surface area contributed by atoms with Gasteiger partial charge in [0.1, 0.15) is 11.8 Å². The number of fused-ring (bicyclic) bond motifs is 1. The maximum Gasteiger partial charge on any atom is 0.327 e. The minimum absolute atomic E-state index is 0.156. The largest absolute Gasteiger partial charge is 0.352 e. The molecule has 2 aromatic rings. The maximum absolute atomic E-state index is 11.6. The zero-order valence-electron chi connectivity index (χ0n) is 9.60. The smallest absolute Gasteiger partial charge is 0.327 e. The van der Waals surface area contributed by atoms with Crippen molar-refractivity contribution in [3.05, 3.63) is 16.8 Å². The van der Waals surface area contributed by atoms with Crippen LogP contribution in [0.1, 0.15) is 0 Å². The Morgan fingerprint density at radius 1 is 1.29 bits per heavy atom. The predicted molar refractivity (Wildman–Crippen MR) is 64.2 cm³/mol. The Kier molecular flexibility index (Phi) is 2.32. The van der Waals surface area contributed by atoms with Gasteiger partial charge in [0.25, 0.3) is 0 Å². The van der Waals surface area contributed by atoms with Gasteiger partial charge in [0.2, 0.25) is 0 Å². The molecule has 0 radical (unpaired) electrons. The van der Waals surface area contributed by atoms with Gasteiger partial charge in [0.05, 0.1) is 0 Å². The van der Waals surface area contributed by atoms with Crippen LogP contribution in [0.5, 0.6) is 0 Å². The molecule has 17 heavy (non-hydrogen) atoms. The molecule has 0 aromatic carbocycles. The van der Waals surface area contributed by atoms with Crippen molar-refractivity contribution in [1.29, 1.82) is 0 Å². The van der Waals surface area contributed by atoms with Crippen molar-refractivity contribution >= 4 is 17.0 Å². The van der Waals surface area contributed by atoms with Crippen molar-refractivity contribution < 1.29 is 0 Å². The minimum Gasteiger partial charge on any atom is -0.352 e. The second kappa shape index (κ2) is 3.85. The molecule has 2 aromatic heterocycles. The Morgan fingerprint density at radius 2 is 2.06 bits per heavy atom. The molecular formula is C10H14N6O. The Morgan fingerprint density at radius 3 is 2.82 bits per heavy atom. The molecule has 0 aliphatic carbocycles. The fourth-order valence-corrected chi connectivity index (χ4v) is 2.14. The lowest BCUT2D eigenvalue weighted by Gasteiger charge is -2.28. The van der Waals surface area contributed by atoms with Crippen molar-refractivity contribution in [1.82, 2.24) is 24.8 Å². The van der Waals surface area contributed by atoms with E-state index in [1.54, 1.807) is 7.05 Å². The molecule has 90 valence electrons. The fourth-order valence-electron chi connectivity index (χ4n) is 2.14. The summed E-state index contributed by atoms with van der Waals surface area (Å²) >= 11 is 0. The lowest BCUT2D eigenvalue weighted by atomic mass is 10.3. The number of aromatic nitrogens is 4. The van der Waals surface area contributed by atoms with Crippen molar-refractivity contribution in [2.45, 2.75) is 0 Å². The quantitative estimate of drug-likeness (QED) is 0.666. The average molecular weight is 234 g/mol. The molecule has 1 fully saturated rings. The van der Waals surface area contributed by atoms with Crippen LogP contribution in [-0.4, -0.2) is 45.7 Å². The number of aryl methyl sites for hydroxylation is 1.